The molecule has 0 bridgehead atoms. The standard InChI is InChI=1S/C32H31N7O2/c1-20-27(31(37-15-14-35-19-37)39(36-20)22-8-6-5-7-9-22)28-24(18-33)30(34)38(21-10-12-23(41-4)13-11-21)25-16-32(2,3)17-26(40)29(25)28/h5-15,19,28H,16-17,34H2,1-4H3. The predicted octanol–water partition coefficient (Wildman–Crippen LogP) is 5.32. The van der Waals surface area contributed by atoms with Crippen molar-refractivity contribution in [1.82, 2.24) is 19.3 Å². The average Bonchev–Trinajstić information content (AvgIpc) is 3.60. The first-order valence-electron chi connectivity index (χ1n) is 13.5. The van der Waals surface area contributed by atoms with Crippen LogP contribution in [0.25, 0.3) is 11.5 Å². The van der Waals surface area contributed by atoms with E-state index in [2.05, 4.69) is 24.9 Å². The second-order valence-corrected chi connectivity index (χ2v) is 11.2. The summed E-state index contributed by atoms with van der Waals surface area (Å²) in [4.78, 5) is 20.3. The third kappa shape index (κ3) is 4.28. The number of ketones is 1. The molecule has 6 rings (SSSR count). The molecule has 1 atom stereocenters. The minimum absolute atomic E-state index is 0.00320. The number of nitrogens with two attached hydrogens (primary N) is 1. The summed E-state index contributed by atoms with van der Waals surface area (Å²) >= 11 is 0. The molecule has 1 aliphatic heterocycles. The van der Waals surface area contributed by atoms with Gasteiger partial charge in [0.15, 0.2) is 5.78 Å². The van der Waals surface area contributed by atoms with Gasteiger partial charge in [0, 0.05) is 41.3 Å². The SMILES string of the molecule is COc1ccc(N2C(N)=C(C#N)C(c3c(C)nn(-c4ccccc4)c3-n3ccnc3)C3=C2CC(C)(C)CC3=O)cc1. The Morgan fingerprint density at radius 1 is 1.07 bits per heavy atom. The largest absolute Gasteiger partial charge is 0.497 e. The summed E-state index contributed by atoms with van der Waals surface area (Å²) in [6.07, 6.45) is 6.21. The van der Waals surface area contributed by atoms with Crippen LogP contribution in [0, 0.1) is 23.7 Å². The molecular weight excluding hydrogens is 514 g/mol. The third-order valence-corrected chi connectivity index (χ3v) is 7.83. The van der Waals surface area contributed by atoms with E-state index in [1.807, 2.05) is 81.9 Å². The van der Waals surface area contributed by atoms with E-state index in [-0.39, 0.29) is 11.2 Å². The Morgan fingerprint density at radius 2 is 1.80 bits per heavy atom. The van der Waals surface area contributed by atoms with Crippen LogP contribution >= 0.6 is 0 Å². The second kappa shape index (κ2) is 9.82. The topological polar surface area (TPSA) is 115 Å². The van der Waals surface area contributed by atoms with Crippen molar-refractivity contribution < 1.29 is 9.53 Å². The van der Waals surface area contributed by atoms with Gasteiger partial charge in [0.25, 0.3) is 0 Å². The number of carbonyl (C=O) groups excluding carboxylic acids is 1. The Morgan fingerprint density at radius 3 is 2.44 bits per heavy atom. The van der Waals surface area contributed by atoms with Gasteiger partial charge in [-0.15, -0.1) is 0 Å². The summed E-state index contributed by atoms with van der Waals surface area (Å²) in [5.74, 6) is 1.02. The van der Waals surface area contributed by atoms with Crippen molar-refractivity contribution in [3.63, 3.8) is 0 Å². The molecule has 0 saturated heterocycles. The quantitative estimate of drug-likeness (QED) is 0.361. The molecule has 2 aromatic heterocycles. The lowest BCUT2D eigenvalue weighted by Crippen LogP contribution is -2.42. The molecule has 3 heterocycles. The van der Waals surface area contributed by atoms with E-state index in [4.69, 9.17) is 15.6 Å². The summed E-state index contributed by atoms with van der Waals surface area (Å²) in [6, 6.07) is 19.7. The summed E-state index contributed by atoms with van der Waals surface area (Å²) < 4.78 is 9.07. The van der Waals surface area contributed by atoms with Gasteiger partial charge in [0.2, 0.25) is 0 Å². The number of methoxy groups -OCH3 is 1. The summed E-state index contributed by atoms with van der Waals surface area (Å²) in [5, 5.41) is 15.6. The van der Waals surface area contributed by atoms with Crippen molar-refractivity contribution in [3.8, 4) is 23.3 Å². The highest BCUT2D eigenvalue weighted by atomic mass is 16.5. The fraction of sp³-hybridized carbons (Fsp3) is 0.250. The summed E-state index contributed by atoms with van der Waals surface area (Å²) in [6.45, 7) is 6.09. The van der Waals surface area contributed by atoms with Gasteiger partial charge in [0.05, 0.1) is 36.1 Å². The molecule has 0 amide bonds. The van der Waals surface area contributed by atoms with Crippen molar-refractivity contribution in [2.75, 3.05) is 12.0 Å². The number of nitriles is 1. The Bertz CT molecular complexity index is 1740. The first-order valence-corrected chi connectivity index (χ1v) is 13.5. The Balaban J connectivity index is 1.65. The Labute approximate surface area is 238 Å². The molecule has 2 aliphatic rings. The van der Waals surface area contributed by atoms with Crippen LogP contribution in [-0.4, -0.2) is 32.2 Å². The van der Waals surface area contributed by atoms with E-state index in [1.165, 1.54) is 0 Å². The molecule has 0 radical (unpaired) electrons. The van der Waals surface area contributed by atoms with E-state index >= 15 is 0 Å². The molecule has 0 saturated carbocycles. The van der Waals surface area contributed by atoms with Crippen LogP contribution in [0.5, 0.6) is 5.75 Å². The molecule has 206 valence electrons. The van der Waals surface area contributed by atoms with E-state index in [0.717, 1.165) is 22.6 Å². The number of imidazole rings is 1. The number of benzene rings is 2. The monoisotopic (exact) mass is 545 g/mol. The number of para-hydroxylation sites is 1. The van der Waals surface area contributed by atoms with Crippen LogP contribution in [0.2, 0.25) is 0 Å². The maximum atomic E-state index is 14.1. The second-order valence-electron chi connectivity index (χ2n) is 11.2. The third-order valence-electron chi connectivity index (χ3n) is 7.83. The van der Waals surface area contributed by atoms with Crippen LogP contribution in [0.1, 0.15) is 43.9 Å². The Kier molecular flexibility index (Phi) is 6.26. The number of allylic oxidation sites excluding steroid dienone is 3. The van der Waals surface area contributed by atoms with Crippen molar-refractivity contribution in [3.05, 3.63) is 107 Å². The van der Waals surface area contributed by atoms with Crippen LogP contribution in [0.4, 0.5) is 5.69 Å². The van der Waals surface area contributed by atoms with Crippen LogP contribution in [0.3, 0.4) is 0 Å². The number of Topliss-reactive ketones (excluding diaryl/α,β-unsaturated/α-hetero) is 1. The number of ether oxygens (including phenoxy) is 1. The van der Waals surface area contributed by atoms with Crippen molar-refractivity contribution in [2.45, 2.75) is 39.5 Å². The summed E-state index contributed by atoms with van der Waals surface area (Å²) in [7, 11) is 1.61. The number of nitrogens with zero attached hydrogens (tertiary/aromatic N) is 6. The lowest BCUT2D eigenvalue weighted by Gasteiger charge is -2.43. The van der Waals surface area contributed by atoms with Crippen molar-refractivity contribution in [2.24, 2.45) is 11.1 Å². The maximum absolute atomic E-state index is 14.1. The highest BCUT2D eigenvalue weighted by Gasteiger charge is 2.46. The van der Waals surface area contributed by atoms with Gasteiger partial charge >= 0.3 is 0 Å². The maximum Gasteiger partial charge on any atom is 0.162 e. The lowest BCUT2D eigenvalue weighted by atomic mass is 9.68. The van der Waals surface area contributed by atoms with Gasteiger partial charge in [-0.2, -0.15) is 10.4 Å². The van der Waals surface area contributed by atoms with Crippen LogP contribution < -0.4 is 15.4 Å². The van der Waals surface area contributed by atoms with Crippen LogP contribution in [0.15, 0.2) is 96.0 Å². The molecule has 9 nitrogen and oxygen atoms in total. The van der Waals surface area contributed by atoms with E-state index in [0.29, 0.717) is 47.1 Å². The summed E-state index contributed by atoms with van der Waals surface area (Å²) in [5.41, 5.74) is 11.4. The minimum Gasteiger partial charge on any atom is -0.497 e. The van der Waals surface area contributed by atoms with Gasteiger partial charge in [-0.25, -0.2) is 9.67 Å². The molecule has 2 aromatic carbocycles. The number of aromatic nitrogens is 4. The molecule has 0 spiro atoms. The zero-order valence-electron chi connectivity index (χ0n) is 23.5. The fourth-order valence-corrected chi connectivity index (χ4v) is 6.07. The molecule has 41 heavy (non-hydrogen) atoms. The number of hydrogen-bond acceptors (Lipinski definition) is 7. The Hall–Kier alpha value is -5.10. The molecule has 1 aliphatic carbocycles. The van der Waals surface area contributed by atoms with Crippen LogP contribution in [-0.2, 0) is 4.79 Å². The highest BCUT2D eigenvalue weighted by Crippen LogP contribution is 2.51. The smallest absolute Gasteiger partial charge is 0.162 e. The predicted molar refractivity (Wildman–Crippen MR) is 156 cm³/mol. The van der Waals surface area contributed by atoms with Crippen molar-refractivity contribution in [1.29, 1.82) is 5.26 Å². The van der Waals surface area contributed by atoms with Gasteiger partial charge in [-0.05, 0) is 55.2 Å². The number of aryl methyl sites for hydroxylation is 1. The van der Waals surface area contributed by atoms with E-state index < -0.39 is 5.92 Å². The number of carbonyl (C=O) groups is 1. The number of anilines is 1. The number of hydrogen-bond donors (Lipinski definition) is 1. The molecular formula is C32H31N7O2. The molecule has 0 fully saturated rings. The first-order chi connectivity index (χ1) is 19.7. The molecule has 4 aromatic rings. The first kappa shape index (κ1) is 26.1. The highest BCUT2D eigenvalue weighted by molar-refractivity contribution is 6.02. The van der Waals surface area contributed by atoms with E-state index in [1.54, 1.807) is 19.6 Å². The molecule has 1 unspecified atom stereocenters. The minimum atomic E-state index is -0.692. The zero-order chi connectivity index (χ0) is 28.9. The van der Waals surface area contributed by atoms with Gasteiger partial charge < -0.3 is 10.5 Å². The molecule has 2 N–H and O–H groups in total. The lowest BCUT2D eigenvalue weighted by molar-refractivity contribution is -0.118. The fourth-order valence-electron chi connectivity index (χ4n) is 6.07. The van der Waals surface area contributed by atoms with Gasteiger partial charge in [-0.3, -0.25) is 14.3 Å². The zero-order valence-corrected chi connectivity index (χ0v) is 23.5. The average molecular weight is 546 g/mol. The van der Waals surface area contributed by atoms with Gasteiger partial charge in [-0.1, -0.05) is 32.0 Å². The molecule has 9 heteroatoms. The number of rotatable bonds is 5. The normalized spacial score (nSPS) is 18.4. The van der Waals surface area contributed by atoms with Gasteiger partial charge in [0.1, 0.15) is 23.7 Å². The van der Waals surface area contributed by atoms with Crippen molar-refractivity contribution >= 4 is 11.5 Å². The van der Waals surface area contributed by atoms with E-state index in [9.17, 15) is 10.1 Å².